The number of fused-ring (bicyclic) bond motifs is 25. The van der Waals surface area contributed by atoms with Gasteiger partial charge < -0.3 is 32.6 Å². The van der Waals surface area contributed by atoms with Gasteiger partial charge in [-0.05, 0) is 232 Å². The molecular weight excluding hydrogens is 1470 g/mol. The van der Waals surface area contributed by atoms with Crippen molar-refractivity contribution >= 4 is 169 Å². The van der Waals surface area contributed by atoms with Gasteiger partial charge in [0.15, 0.2) is 28.6 Å². The van der Waals surface area contributed by atoms with Gasteiger partial charge >= 0.3 is 13.7 Å². The van der Waals surface area contributed by atoms with Gasteiger partial charge in [0, 0.05) is 97.5 Å². The van der Waals surface area contributed by atoms with Crippen molar-refractivity contribution in [1.29, 1.82) is 0 Å². The fraction of sp³-hybridized carbons (Fsp3) is 0.0841. The van der Waals surface area contributed by atoms with Crippen molar-refractivity contribution in [3.05, 3.63) is 338 Å². The SMILES string of the molecule is Cc1cc2c(cc1N1B3c4c(cc(-c5ccccc5)cc4-n4c5cc6ccccc6cc5c5cccc3c54)-c3cc4c(cc31)Sc1ccccc1S4)C(C)(C)CC(c1ccc(-c3cc4c5c(c3)-n3c6ccc7ccccc7c6c6cccc(c63)B5N(c3cccc5c3oc3ccccc35)c3cc5c(cc3-4)Oc3ccccc3O5)cc1)C2(C)C. The van der Waals surface area contributed by atoms with E-state index in [2.05, 4.69) is 345 Å². The number of furan rings is 1. The van der Waals surface area contributed by atoms with E-state index in [9.17, 15) is 0 Å². The minimum atomic E-state index is -0.289. The van der Waals surface area contributed by atoms with Crippen LogP contribution in [0.3, 0.4) is 0 Å². The van der Waals surface area contributed by atoms with Crippen molar-refractivity contribution in [2.75, 3.05) is 9.62 Å². The van der Waals surface area contributed by atoms with Crippen LogP contribution in [-0.2, 0) is 10.8 Å². The monoisotopic (exact) mass is 1540 g/mol. The van der Waals surface area contributed by atoms with Crippen molar-refractivity contribution < 1.29 is 13.9 Å². The van der Waals surface area contributed by atoms with Crippen LogP contribution < -0.4 is 40.9 Å². The average molecular weight is 1550 g/mol. The fourth-order valence-electron chi connectivity index (χ4n) is 22.3. The molecule has 0 saturated carbocycles. The van der Waals surface area contributed by atoms with Crippen LogP contribution in [0.2, 0.25) is 0 Å². The van der Waals surface area contributed by atoms with E-state index in [1.807, 2.05) is 47.8 Å². The summed E-state index contributed by atoms with van der Waals surface area (Å²) in [5, 5.41) is 12.2. The summed E-state index contributed by atoms with van der Waals surface area (Å²) in [7, 11) is 0. The van der Waals surface area contributed by atoms with Crippen LogP contribution in [0.15, 0.2) is 339 Å². The predicted octanol–water partition coefficient (Wildman–Crippen LogP) is 26.5. The van der Waals surface area contributed by atoms with E-state index in [0.717, 1.165) is 67.7 Å². The van der Waals surface area contributed by atoms with Crippen LogP contribution in [0, 0.1) is 6.92 Å². The molecule has 554 valence electrons. The number of rotatable bonds is 5. The summed E-state index contributed by atoms with van der Waals surface area (Å²) in [6.07, 6.45) is 0.962. The number of aryl methyl sites for hydroxylation is 1. The number of ether oxygens (including phenoxy) is 2. The number of hydrogen-bond donors (Lipinski definition) is 0. The lowest BCUT2D eigenvalue weighted by atomic mass is 9.43. The molecule has 17 aromatic carbocycles. The zero-order valence-corrected chi connectivity index (χ0v) is 66.9. The predicted molar refractivity (Wildman–Crippen MR) is 492 cm³/mol. The molecule has 0 fully saturated rings. The molecule has 3 aromatic heterocycles. The Morgan fingerprint density at radius 1 is 0.356 bits per heavy atom. The maximum atomic E-state index is 7.08. The smallest absolute Gasteiger partial charge is 0.333 e. The Morgan fingerprint density at radius 3 is 1.66 bits per heavy atom. The van der Waals surface area contributed by atoms with Gasteiger partial charge in [0.1, 0.15) is 5.58 Å². The first-order valence-electron chi connectivity index (χ1n) is 41.2. The molecule has 0 amide bonds. The Balaban J connectivity index is 0.626. The highest BCUT2D eigenvalue weighted by Crippen LogP contribution is 2.60. The molecule has 7 nitrogen and oxygen atoms in total. The molecule has 7 aliphatic rings. The van der Waals surface area contributed by atoms with Crippen molar-refractivity contribution in [1.82, 2.24) is 9.13 Å². The second-order valence-electron chi connectivity index (χ2n) is 34.7. The summed E-state index contributed by atoms with van der Waals surface area (Å²) in [5.41, 5.74) is 33.1. The standard InChI is InChI=1S/C107H70B2N4O3S2/c1-59-46-79-78(55-85(59)113-88-57-99-98(117-96-38-17-18-39-97(96)118-99)54-75(88)77-48-66(60-22-7-6-8-23-60)51-90-102(77)109(113)81-32-19-29-70-73-47-64-25-9-10-26-65(64)50-86(73)111(90)103(70)81)106(2,3)58-80(107(79,4)5)63-42-40-61(41-43-63)67-49-76-74-53-94-95(115-93-37-16-15-36-92(93)114-94)56-87(74)112(84-34-21-30-71-69-28-13-14-35-91(69)116-105(71)84)108-82-33-20-31-72-100-68-27-12-11-24-62(68)44-45-83(100)110(104(72)82)89(52-67)101(76)108/h6-57,80H,58H2,1-5H3. The molecule has 11 heteroatoms. The van der Waals surface area contributed by atoms with Crippen molar-refractivity contribution in [3.63, 3.8) is 0 Å². The van der Waals surface area contributed by atoms with Crippen LogP contribution in [0.4, 0.5) is 22.7 Å². The van der Waals surface area contributed by atoms with Crippen molar-refractivity contribution in [2.45, 2.75) is 77.4 Å². The van der Waals surface area contributed by atoms with Gasteiger partial charge in [0.05, 0.1) is 27.8 Å². The zero-order chi connectivity index (χ0) is 77.6. The van der Waals surface area contributed by atoms with E-state index in [1.165, 1.54) is 168 Å². The fourth-order valence-corrected chi connectivity index (χ4v) is 24.6. The highest BCUT2D eigenvalue weighted by Gasteiger charge is 2.51. The highest BCUT2D eigenvalue weighted by atomic mass is 32.2. The van der Waals surface area contributed by atoms with Gasteiger partial charge in [-0.2, -0.15) is 0 Å². The zero-order valence-electron chi connectivity index (χ0n) is 65.3. The molecule has 1 atom stereocenters. The summed E-state index contributed by atoms with van der Waals surface area (Å²) in [4.78, 5) is 10.6. The summed E-state index contributed by atoms with van der Waals surface area (Å²) >= 11 is 3.82. The van der Waals surface area contributed by atoms with E-state index in [0.29, 0.717) is 23.0 Å². The molecule has 0 bridgehead atoms. The summed E-state index contributed by atoms with van der Waals surface area (Å²) in [6, 6.07) is 119. The summed E-state index contributed by atoms with van der Waals surface area (Å²) in [5.74, 6) is 2.91. The Kier molecular flexibility index (Phi) is 13.1. The quantitative estimate of drug-likeness (QED) is 0.159. The highest BCUT2D eigenvalue weighted by molar-refractivity contribution is 8.05. The number of anilines is 4. The van der Waals surface area contributed by atoms with Gasteiger partial charge in [-0.25, -0.2) is 0 Å². The topological polar surface area (TPSA) is 47.9 Å². The first-order chi connectivity index (χ1) is 57.9. The molecule has 0 saturated heterocycles. The summed E-state index contributed by atoms with van der Waals surface area (Å²) < 4.78 is 26.2. The normalized spacial score (nSPS) is 15.7. The third-order valence-electron chi connectivity index (χ3n) is 27.6. The molecule has 6 aliphatic heterocycles. The van der Waals surface area contributed by atoms with Crippen molar-refractivity contribution in [3.8, 4) is 78.9 Å². The molecule has 9 heterocycles. The minimum Gasteiger partial charge on any atom is -0.454 e. The molecular formula is C107H70B2N4O3S2. The average Bonchev–Trinajstić information content (AvgIpc) is 1.40. The molecule has 20 aromatic rings. The van der Waals surface area contributed by atoms with E-state index in [-0.39, 0.29) is 30.4 Å². The maximum Gasteiger partial charge on any atom is 0.333 e. The Morgan fingerprint density at radius 2 is 0.924 bits per heavy atom. The maximum absolute atomic E-state index is 7.08. The Bertz CT molecular complexity index is 7990. The summed E-state index contributed by atoms with van der Waals surface area (Å²) in [6.45, 7) is 12.1. The Labute approximate surface area is 690 Å². The second kappa shape index (κ2) is 23.5. The first-order valence-corrected chi connectivity index (χ1v) is 42.9. The molecule has 118 heavy (non-hydrogen) atoms. The molecule has 1 aliphatic carbocycles. The lowest BCUT2D eigenvalue weighted by molar-refractivity contribution is 0.283. The molecule has 27 rings (SSSR count). The number of aromatic nitrogens is 2. The van der Waals surface area contributed by atoms with Crippen LogP contribution in [0.1, 0.15) is 62.3 Å². The van der Waals surface area contributed by atoms with Crippen molar-refractivity contribution in [2.24, 2.45) is 0 Å². The van der Waals surface area contributed by atoms with Gasteiger partial charge in [-0.15, -0.1) is 0 Å². The molecule has 0 spiro atoms. The van der Waals surface area contributed by atoms with E-state index in [1.54, 1.807) is 0 Å². The van der Waals surface area contributed by atoms with E-state index >= 15 is 0 Å². The van der Waals surface area contributed by atoms with Gasteiger partial charge in [-0.1, -0.05) is 257 Å². The number of nitrogens with zero attached hydrogens (tertiary/aromatic N) is 4. The molecule has 0 radical (unpaired) electrons. The largest absolute Gasteiger partial charge is 0.454 e. The van der Waals surface area contributed by atoms with Gasteiger partial charge in [0.2, 0.25) is 0 Å². The van der Waals surface area contributed by atoms with Gasteiger partial charge in [0.25, 0.3) is 0 Å². The third kappa shape index (κ3) is 8.89. The number of benzene rings is 17. The first kappa shape index (κ1) is 65.9. The molecule has 1 unspecified atom stereocenters. The van der Waals surface area contributed by atoms with Crippen LogP contribution in [0.5, 0.6) is 23.0 Å². The van der Waals surface area contributed by atoms with Gasteiger partial charge in [-0.3, -0.25) is 0 Å². The Hall–Kier alpha value is -13.3. The lowest BCUT2D eigenvalue weighted by Gasteiger charge is -2.49. The minimum absolute atomic E-state index is 0.151. The van der Waals surface area contributed by atoms with Crippen LogP contribution in [0.25, 0.3) is 143 Å². The molecule has 0 N–H and O–H groups in total. The third-order valence-corrected chi connectivity index (χ3v) is 30.2. The van der Waals surface area contributed by atoms with E-state index in [4.69, 9.17) is 13.9 Å². The van der Waals surface area contributed by atoms with Crippen LogP contribution in [-0.4, -0.2) is 22.8 Å². The number of hydrogen-bond acceptors (Lipinski definition) is 7. The van der Waals surface area contributed by atoms with Crippen LogP contribution >= 0.6 is 23.5 Å². The lowest BCUT2D eigenvalue weighted by Crippen LogP contribution is -2.60. The second-order valence-corrected chi connectivity index (χ2v) is 36.9. The van der Waals surface area contributed by atoms with E-state index < -0.39 is 0 Å². The number of para-hydroxylation sites is 6.